The Labute approximate surface area is 75.2 Å². The molecule has 0 saturated heterocycles. The molecule has 0 saturated carbocycles. The van der Waals surface area contributed by atoms with Crippen molar-refractivity contribution in [1.29, 1.82) is 0 Å². The quantitative estimate of drug-likeness (QED) is 0.591. The zero-order chi connectivity index (χ0) is 9.40. The van der Waals surface area contributed by atoms with Crippen molar-refractivity contribution in [2.24, 2.45) is 5.73 Å². The average Bonchev–Trinajstić information content (AvgIpc) is 2.03. The van der Waals surface area contributed by atoms with Crippen molar-refractivity contribution in [3.63, 3.8) is 0 Å². The van der Waals surface area contributed by atoms with E-state index in [1.807, 2.05) is 13.8 Å². The van der Waals surface area contributed by atoms with Gasteiger partial charge in [0, 0.05) is 12.6 Å². The molecule has 0 fully saturated rings. The minimum Gasteiger partial charge on any atom is -0.379 e. The van der Waals surface area contributed by atoms with Crippen LogP contribution >= 0.6 is 0 Å². The molecule has 0 aliphatic rings. The van der Waals surface area contributed by atoms with Gasteiger partial charge in [-0.05, 0) is 20.3 Å². The highest BCUT2D eigenvalue weighted by Crippen LogP contribution is 1.94. The maximum Gasteiger partial charge on any atom is 0.0704 e. The summed E-state index contributed by atoms with van der Waals surface area (Å²) in [6.07, 6.45) is 1.18. The fraction of sp³-hybridized carbons (Fsp3) is 1.00. The SMILES string of the molecule is CCCOCCOC(C)C(C)N. The summed E-state index contributed by atoms with van der Waals surface area (Å²) in [7, 11) is 0. The van der Waals surface area contributed by atoms with Crippen molar-refractivity contribution in [3.8, 4) is 0 Å². The number of hydrogen-bond acceptors (Lipinski definition) is 3. The second kappa shape index (κ2) is 7.53. The summed E-state index contributed by atoms with van der Waals surface area (Å²) >= 11 is 0. The summed E-state index contributed by atoms with van der Waals surface area (Å²) in [6.45, 7) is 8.14. The molecule has 0 rings (SSSR count). The van der Waals surface area contributed by atoms with E-state index in [0.29, 0.717) is 13.2 Å². The van der Waals surface area contributed by atoms with Crippen LogP contribution in [0.4, 0.5) is 0 Å². The molecule has 0 aromatic rings. The Bertz CT molecular complexity index is 96.5. The number of ether oxygens (including phenoxy) is 2. The van der Waals surface area contributed by atoms with Crippen molar-refractivity contribution < 1.29 is 9.47 Å². The lowest BCUT2D eigenvalue weighted by Gasteiger charge is -2.16. The van der Waals surface area contributed by atoms with Crippen LogP contribution < -0.4 is 5.73 Å². The van der Waals surface area contributed by atoms with Crippen molar-refractivity contribution in [3.05, 3.63) is 0 Å². The lowest BCUT2D eigenvalue weighted by molar-refractivity contribution is 0.00480. The summed E-state index contributed by atoms with van der Waals surface area (Å²) in [6, 6.07) is 0.0937. The smallest absolute Gasteiger partial charge is 0.0704 e. The molecule has 2 atom stereocenters. The van der Waals surface area contributed by atoms with Crippen LogP contribution in [-0.2, 0) is 9.47 Å². The molecule has 0 spiro atoms. The molecule has 0 aliphatic heterocycles. The molecule has 0 aromatic heterocycles. The summed E-state index contributed by atoms with van der Waals surface area (Å²) in [5, 5.41) is 0. The largest absolute Gasteiger partial charge is 0.379 e. The maximum absolute atomic E-state index is 5.61. The van der Waals surface area contributed by atoms with E-state index >= 15 is 0 Å². The van der Waals surface area contributed by atoms with Gasteiger partial charge >= 0.3 is 0 Å². The van der Waals surface area contributed by atoms with Gasteiger partial charge in [-0.1, -0.05) is 6.92 Å². The molecule has 2 unspecified atom stereocenters. The fourth-order valence-corrected chi connectivity index (χ4v) is 0.691. The highest BCUT2D eigenvalue weighted by Gasteiger charge is 2.06. The minimum atomic E-state index is 0.0937. The van der Waals surface area contributed by atoms with Crippen molar-refractivity contribution >= 4 is 0 Å². The first-order valence-electron chi connectivity index (χ1n) is 4.63. The molecule has 0 aliphatic carbocycles. The van der Waals surface area contributed by atoms with Gasteiger partial charge in [-0.15, -0.1) is 0 Å². The topological polar surface area (TPSA) is 44.5 Å². The third-order valence-corrected chi connectivity index (χ3v) is 1.70. The van der Waals surface area contributed by atoms with E-state index < -0.39 is 0 Å². The third-order valence-electron chi connectivity index (χ3n) is 1.70. The standard InChI is InChI=1S/C9H21NO2/c1-4-5-11-6-7-12-9(3)8(2)10/h8-9H,4-7,10H2,1-3H3. The minimum absolute atomic E-state index is 0.0937. The Kier molecular flexibility index (Phi) is 7.45. The molecule has 12 heavy (non-hydrogen) atoms. The molecule has 0 bridgehead atoms. The third kappa shape index (κ3) is 6.58. The second-order valence-electron chi connectivity index (χ2n) is 3.05. The molecule has 0 radical (unpaired) electrons. The van der Waals surface area contributed by atoms with E-state index in [1.54, 1.807) is 0 Å². The number of nitrogens with two attached hydrogens (primary N) is 1. The zero-order valence-corrected chi connectivity index (χ0v) is 8.38. The van der Waals surface area contributed by atoms with Gasteiger partial charge in [0.25, 0.3) is 0 Å². The molecule has 3 nitrogen and oxygen atoms in total. The van der Waals surface area contributed by atoms with E-state index in [0.717, 1.165) is 13.0 Å². The van der Waals surface area contributed by atoms with Crippen molar-refractivity contribution in [1.82, 2.24) is 0 Å². The van der Waals surface area contributed by atoms with E-state index in [1.165, 1.54) is 0 Å². The van der Waals surface area contributed by atoms with Crippen molar-refractivity contribution in [2.45, 2.75) is 39.3 Å². The first kappa shape index (κ1) is 11.9. The first-order valence-corrected chi connectivity index (χ1v) is 4.63. The van der Waals surface area contributed by atoms with Gasteiger partial charge in [-0.3, -0.25) is 0 Å². The van der Waals surface area contributed by atoms with Crippen LogP contribution in [0, 0.1) is 0 Å². The highest BCUT2D eigenvalue weighted by molar-refractivity contribution is 4.61. The van der Waals surface area contributed by atoms with Crippen LogP contribution in [0.25, 0.3) is 0 Å². The molecule has 3 heteroatoms. The Morgan fingerprint density at radius 3 is 2.33 bits per heavy atom. The summed E-state index contributed by atoms with van der Waals surface area (Å²) in [5.41, 5.74) is 5.61. The summed E-state index contributed by atoms with van der Waals surface area (Å²) in [5.74, 6) is 0. The van der Waals surface area contributed by atoms with Crippen LogP contribution in [0.3, 0.4) is 0 Å². The highest BCUT2D eigenvalue weighted by atomic mass is 16.5. The van der Waals surface area contributed by atoms with Crippen LogP contribution in [0.2, 0.25) is 0 Å². The zero-order valence-electron chi connectivity index (χ0n) is 8.38. The van der Waals surface area contributed by atoms with E-state index in [2.05, 4.69) is 6.92 Å². The Hall–Kier alpha value is -0.120. The van der Waals surface area contributed by atoms with E-state index in [-0.39, 0.29) is 12.1 Å². The monoisotopic (exact) mass is 175 g/mol. The van der Waals surface area contributed by atoms with Crippen LogP contribution in [0.15, 0.2) is 0 Å². The van der Waals surface area contributed by atoms with Gasteiger partial charge in [0.2, 0.25) is 0 Å². The maximum atomic E-state index is 5.61. The van der Waals surface area contributed by atoms with Gasteiger partial charge in [-0.25, -0.2) is 0 Å². The Balaban J connectivity index is 3.08. The molecule has 2 N–H and O–H groups in total. The lowest BCUT2D eigenvalue weighted by Crippen LogP contribution is -2.32. The molecule has 74 valence electrons. The molecule has 0 aromatic carbocycles. The molecular weight excluding hydrogens is 154 g/mol. The summed E-state index contributed by atoms with van der Waals surface area (Å²) in [4.78, 5) is 0. The fourth-order valence-electron chi connectivity index (χ4n) is 0.691. The van der Waals surface area contributed by atoms with Crippen LogP contribution in [-0.4, -0.2) is 32.0 Å². The lowest BCUT2D eigenvalue weighted by atomic mass is 10.2. The van der Waals surface area contributed by atoms with Gasteiger partial charge in [0.15, 0.2) is 0 Å². The number of rotatable bonds is 7. The van der Waals surface area contributed by atoms with Gasteiger partial charge in [0.1, 0.15) is 0 Å². The van der Waals surface area contributed by atoms with E-state index in [4.69, 9.17) is 15.2 Å². The van der Waals surface area contributed by atoms with Crippen LogP contribution in [0.5, 0.6) is 0 Å². The Morgan fingerprint density at radius 2 is 1.83 bits per heavy atom. The molecule has 0 amide bonds. The van der Waals surface area contributed by atoms with Gasteiger partial charge in [0.05, 0.1) is 19.3 Å². The normalized spacial score (nSPS) is 16.0. The molecular formula is C9H21NO2. The molecule has 0 heterocycles. The first-order chi connectivity index (χ1) is 5.68. The van der Waals surface area contributed by atoms with Crippen LogP contribution in [0.1, 0.15) is 27.2 Å². The summed E-state index contributed by atoms with van der Waals surface area (Å²) < 4.78 is 10.6. The average molecular weight is 175 g/mol. The second-order valence-corrected chi connectivity index (χ2v) is 3.05. The predicted molar refractivity (Wildman–Crippen MR) is 50.2 cm³/mol. The predicted octanol–water partition coefficient (Wildman–Crippen LogP) is 1.17. The number of hydrogen-bond donors (Lipinski definition) is 1. The van der Waals surface area contributed by atoms with Crippen molar-refractivity contribution in [2.75, 3.05) is 19.8 Å². The van der Waals surface area contributed by atoms with Gasteiger partial charge < -0.3 is 15.2 Å². The van der Waals surface area contributed by atoms with Gasteiger partial charge in [-0.2, -0.15) is 0 Å². The van der Waals surface area contributed by atoms with E-state index in [9.17, 15) is 0 Å². The Morgan fingerprint density at radius 1 is 1.17 bits per heavy atom.